The van der Waals surface area contributed by atoms with Crippen LogP contribution in [0.1, 0.15) is 6.42 Å². The van der Waals surface area contributed by atoms with Crippen molar-refractivity contribution in [1.29, 1.82) is 0 Å². The molecule has 2 amide bonds. The first-order valence-electron chi connectivity index (χ1n) is 4.16. The maximum absolute atomic E-state index is 11.2. The molecule has 14 heavy (non-hydrogen) atoms. The van der Waals surface area contributed by atoms with Crippen LogP contribution in [0.25, 0.3) is 0 Å². The summed E-state index contributed by atoms with van der Waals surface area (Å²) in [6, 6.07) is -0.525. The van der Waals surface area contributed by atoms with Crippen LogP contribution in [0.5, 0.6) is 0 Å². The van der Waals surface area contributed by atoms with Crippen LogP contribution in [0.3, 0.4) is 0 Å². The molecule has 0 aliphatic carbocycles. The van der Waals surface area contributed by atoms with Gasteiger partial charge in [-0.05, 0) is 6.42 Å². The van der Waals surface area contributed by atoms with E-state index in [9.17, 15) is 9.59 Å². The number of β-amino-alcohol motifs (C(OH)–C–C–N with tert-alkyl or cyclic N) is 1. The molecular formula is C7H12N2O5. The molecule has 0 aromatic carbocycles. The fraction of sp³-hybridized carbons (Fsp3) is 0.714. The summed E-state index contributed by atoms with van der Waals surface area (Å²) < 4.78 is 0. The van der Waals surface area contributed by atoms with Gasteiger partial charge in [0.2, 0.25) is 0 Å². The molecule has 0 spiro atoms. The summed E-state index contributed by atoms with van der Waals surface area (Å²) >= 11 is 0. The van der Waals surface area contributed by atoms with Crippen LogP contribution in [0, 0.1) is 0 Å². The first-order chi connectivity index (χ1) is 6.59. The fourth-order valence-electron chi connectivity index (χ4n) is 1.15. The number of aliphatic carboxylic acids is 1. The Kier molecular flexibility index (Phi) is 3.66. The number of nitrogens with zero attached hydrogens (tertiary/aromatic N) is 1. The predicted octanol–water partition coefficient (Wildman–Crippen LogP) is -1.22. The highest BCUT2D eigenvalue weighted by atomic mass is 16.7. The van der Waals surface area contributed by atoms with Crippen LogP contribution >= 0.6 is 0 Å². The van der Waals surface area contributed by atoms with E-state index in [-0.39, 0.29) is 6.54 Å². The molecule has 0 aromatic heterocycles. The Morgan fingerprint density at radius 3 is 2.79 bits per heavy atom. The number of hydrogen-bond donors (Lipinski definition) is 3. The Hall–Kier alpha value is -1.34. The van der Waals surface area contributed by atoms with Crippen LogP contribution in [0.15, 0.2) is 0 Å². The van der Waals surface area contributed by atoms with Gasteiger partial charge in [-0.2, -0.15) is 0 Å². The van der Waals surface area contributed by atoms with Crippen molar-refractivity contribution in [1.82, 2.24) is 10.4 Å². The van der Waals surface area contributed by atoms with Crippen molar-refractivity contribution in [3.63, 3.8) is 0 Å². The van der Waals surface area contributed by atoms with Crippen molar-refractivity contribution in [3.8, 4) is 0 Å². The summed E-state index contributed by atoms with van der Waals surface area (Å²) in [5, 5.41) is 17.3. The molecule has 1 aliphatic heterocycles. The molecule has 3 N–H and O–H groups in total. The molecule has 1 unspecified atom stereocenters. The summed E-state index contributed by atoms with van der Waals surface area (Å²) in [5.41, 5.74) is 1.97. The molecule has 1 fully saturated rings. The summed E-state index contributed by atoms with van der Waals surface area (Å²) in [6.07, 6.45) is 0.0343. The van der Waals surface area contributed by atoms with E-state index < -0.39 is 24.7 Å². The van der Waals surface area contributed by atoms with E-state index in [1.807, 2.05) is 5.48 Å². The zero-order valence-electron chi connectivity index (χ0n) is 7.47. The number of hydrogen-bond acceptors (Lipinski definition) is 4. The molecule has 0 saturated carbocycles. The number of urea groups is 1. The largest absolute Gasteiger partial charge is 0.479 e. The quantitative estimate of drug-likeness (QED) is 0.500. The summed E-state index contributed by atoms with van der Waals surface area (Å²) in [5.74, 6) is -1.16. The number of hydroxylamine groups is 1. The highest BCUT2D eigenvalue weighted by Gasteiger charge is 2.24. The van der Waals surface area contributed by atoms with Gasteiger partial charge in [-0.25, -0.2) is 15.1 Å². The molecule has 7 nitrogen and oxygen atoms in total. The van der Waals surface area contributed by atoms with Gasteiger partial charge in [0.15, 0.2) is 6.61 Å². The number of likely N-dealkylation sites (tertiary alicyclic amines) is 1. The molecule has 1 rings (SSSR count). The molecule has 0 bridgehead atoms. The van der Waals surface area contributed by atoms with Crippen LogP contribution in [0.2, 0.25) is 0 Å². The minimum atomic E-state index is -1.16. The van der Waals surface area contributed by atoms with Gasteiger partial charge in [-0.1, -0.05) is 0 Å². The maximum Gasteiger partial charge on any atom is 0.341 e. The molecule has 0 radical (unpaired) electrons. The highest BCUT2D eigenvalue weighted by molar-refractivity contribution is 5.74. The summed E-state index contributed by atoms with van der Waals surface area (Å²) in [6.45, 7) is 0.119. The molecule has 1 aliphatic rings. The van der Waals surface area contributed by atoms with Gasteiger partial charge < -0.3 is 15.1 Å². The lowest BCUT2D eigenvalue weighted by Gasteiger charge is -2.15. The molecule has 1 heterocycles. The van der Waals surface area contributed by atoms with E-state index in [1.54, 1.807) is 0 Å². The van der Waals surface area contributed by atoms with Crippen molar-refractivity contribution in [2.45, 2.75) is 12.5 Å². The number of nitrogens with one attached hydrogen (secondary N) is 1. The average molecular weight is 204 g/mol. The Morgan fingerprint density at radius 2 is 2.29 bits per heavy atom. The third-order valence-electron chi connectivity index (χ3n) is 1.81. The maximum atomic E-state index is 11.2. The highest BCUT2D eigenvalue weighted by Crippen LogP contribution is 2.07. The second kappa shape index (κ2) is 4.77. The van der Waals surface area contributed by atoms with E-state index in [0.717, 1.165) is 0 Å². The number of carbonyl (C=O) groups is 2. The van der Waals surface area contributed by atoms with Gasteiger partial charge in [0.25, 0.3) is 0 Å². The molecular weight excluding hydrogens is 192 g/mol. The zero-order chi connectivity index (χ0) is 10.6. The second-order valence-corrected chi connectivity index (χ2v) is 2.98. The number of carboxylic acids is 1. The predicted molar refractivity (Wildman–Crippen MR) is 44.3 cm³/mol. The third-order valence-corrected chi connectivity index (χ3v) is 1.81. The SMILES string of the molecule is O=C(O)CONC(=O)N1CCC(O)C1. The van der Waals surface area contributed by atoms with Crippen LogP contribution in [-0.4, -0.2) is 52.9 Å². The molecule has 80 valence electrons. The van der Waals surface area contributed by atoms with Crippen LogP contribution in [0.4, 0.5) is 4.79 Å². The summed E-state index contributed by atoms with van der Waals surface area (Å²) in [4.78, 5) is 26.9. The Bertz CT molecular complexity index is 232. The standard InChI is InChI=1S/C7H12N2O5/c10-5-1-2-9(3-5)7(13)8-14-4-6(11)12/h5,10H,1-4H2,(H,8,13)(H,11,12). The van der Waals surface area contributed by atoms with E-state index in [1.165, 1.54) is 4.90 Å². The topological polar surface area (TPSA) is 99.1 Å². The monoisotopic (exact) mass is 204 g/mol. The summed E-state index contributed by atoms with van der Waals surface area (Å²) in [7, 11) is 0. The smallest absolute Gasteiger partial charge is 0.341 e. The molecule has 1 saturated heterocycles. The lowest BCUT2D eigenvalue weighted by Crippen LogP contribution is -2.39. The van der Waals surface area contributed by atoms with Gasteiger partial charge in [0.05, 0.1) is 6.10 Å². The van der Waals surface area contributed by atoms with Crippen LogP contribution in [-0.2, 0) is 9.63 Å². The average Bonchev–Trinajstić information content (AvgIpc) is 2.51. The fourth-order valence-corrected chi connectivity index (χ4v) is 1.15. The first kappa shape index (κ1) is 10.7. The Balaban J connectivity index is 2.18. The zero-order valence-corrected chi connectivity index (χ0v) is 7.47. The van der Waals surface area contributed by atoms with Gasteiger partial charge in [0, 0.05) is 13.1 Å². The number of carboxylic acid groups (broad SMARTS) is 1. The normalized spacial score (nSPS) is 20.9. The minimum absolute atomic E-state index is 0.252. The number of carbonyl (C=O) groups excluding carboxylic acids is 1. The second-order valence-electron chi connectivity index (χ2n) is 2.98. The van der Waals surface area contributed by atoms with Crippen molar-refractivity contribution in [2.24, 2.45) is 0 Å². The lowest BCUT2D eigenvalue weighted by atomic mass is 10.3. The van der Waals surface area contributed by atoms with Crippen molar-refractivity contribution in [3.05, 3.63) is 0 Å². The van der Waals surface area contributed by atoms with Crippen molar-refractivity contribution in [2.75, 3.05) is 19.7 Å². The number of aliphatic hydroxyl groups excluding tert-OH is 1. The molecule has 7 heteroatoms. The number of rotatable bonds is 3. The van der Waals surface area contributed by atoms with E-state index in [4.69, 9.17) is 10.2 Å². The number of aliphatic hydroxyl groups is 1. The first-order valence-corrected chi connectivity index (χ1v) is 4.16. The van der Waals surface area contributed by atoms with E-state index >= 15 is 0 Å². The lowest BCUT2D eigenvalue weighted by molar-refractivity contribution is -0.144. The van der Waals surface area contributed by atoms with Crippen molar-refractivity contribution < 1.29 is 24.6 Å². The Labute approximate surface area is 80.2 Å². The van der Waals surface area contributed by atoms with Crippen LogP contribution < -0.4 is 5.48 Å². The van der Waals surface area contributed by atoms with Crippen molar-refractivity contribution >= 4 is 12.0 Å². The van der Waals surface area contributed by atoms with Gasteiger partial charge in [0.1, 0.15) is 0 Å². The van der Waals surface area contributed by atoms with E-state index in [0.29, 0.717) is 13.0 Å². The Morgan fingerprint density at radius 1 is 1.57 bits per heavy atom. The minimum Gasteiger partial charge on any atom is -0.479 e. The molecule has 0 aromatic rings. The number of amides is 2. The molecule has 1 atom stereocenters. The van der Waals surface area contributed by atoms with Gasteiger partial charge >= 0.3 is 12.0 Å². The third kappa shape index (κ3) is 3.19. The van der Waals surface area contributed by atoms with E-state index in [2.05, 4.69) is 4.84 Å². The van der Waals surface area contributed by atoms with Gasteiger partial charge in [-0.15, -0.1) is 0 Å². The van der Waals surface area contributed by atoms with Gasteiger partial charge in [-0.3, -0.25) is 4.84 Å².